The first-order chi connectivity index (χ1) is 22.6. The second-order valence-electron chi connectivity index (χ2n) is 12.2. The van der Waals surface area contributed by atoms with Crippen LogP contribution >= 0.6 is 0 Å². The molecule has 0 radical (unpaired) electrons. The number of rotatable bonds is 23. The molecule has 0 bridgehead atoms. The Morgan fingerprint density at radius 2 is 1.23 bits per heavy atom. The molecule has 14 nitrogen and oxygen atoms in total. The fourth-order valence-electron chi connectivity index (χ4n) is 5.18. The van der Waals surface area contributed by atoms with Crippen LogP contribution in [0.3, 0.4) is 0 Å². The van der Waals surface area contributed by atoms with Crippen molar-refractivity contribution in [3.05, 3.63) is 24.3 Å². The number of ether oxygens (including phenoxy) is 5. The van der Waals surface area contributed by atoms with Crippen molar-refractivity contribution in [1.29, 1.82) is 0 Å². The summed E-state index contributed by atoms with van der Waals surface area (Å²) in [6.07, 6.45) is 4.08. The van der Waals surface area contributed by atoms with Gasteiger partial charge in [-0.1, -0.05) is 63.3 Å². The largest absolute Gasteiger partial charge is 0.463 e. The number of unbranched alkanes of at least 4 members (excludes halogenated alkanes) is 8. The second-order valence-corrected chi connectivity index (χ2v) is 12.2. The molecular formula is C33H58O14. The third-order valence-electron chi connectivity index (χ3n) is 8.16. The number of aliphatic hydroxyl groups is 8. The molecular weight excluding hydrogens is 620 g/mol. The predicted molar refractivity (Wildman–Crippen MR) is 169 cm³/mol. The summed E-state index contributed by atoms with van der Waals surface area (Å²) in [4.78, 5) is 12.1. The Balaban J connectivity index is 1.58. The normalized spacial score (nSPS) is 32.3. The molecule has 2 fully saturated rings. The average molecular weight is 679 g/mol. The van der Waals surface area contributed by atoms with Gasteiger partial charge in [0, 0.05) is 6.42 Å². The van der Waals surface area contributed by atoms with Crippen molar-refractivity contribution in [1.82, 2.24) is 0 Å². The molecule has 0 aliphatic carbocycles. The van der Waals surface area contributed by atoms with Gasteiger partial charge in [-0.3, -0.25) is 4.79 Å². The van der Waals surface area contributed by atoms with Crippen molar-refractivity contribution in [3.63, 3.8) is 0 Å². The zero-order chi connectivity index (χ0) is 34.6. The van der Waals surface area contributed by atoms with Crippen molar-refractivity contribution in [2.24, 2.45) is 0 Å². The number of hydrogen-bond donors (Lipinski definition) is 8. The van der Waals surface area contributed by atoms with E-state index in [0.717, 1.165) is 44.9 Å². The van der Waals surface area contributed by atoms with Gasteiger partial charge in [-0.15, -0.1) is 0 Å². The number of esters is 1. The molecule has 11 atom stereocenters. The molecule has 0 amide bonds. The molecule has 47 heavy (non-hydrogen) atoms. The van der Waals surface area contributed by atoms with Crippen LogP contribution in [-0.4, -0.2) is 141 Å². The van der Waals surface area contributed by atoms with Gasteiger partial charge in [-0.2, -0.15) is 0 Å². The molecule has 0 unspecified atom stereocenters. The molecule has 0 spiro atoms. The van der Waals surface area contributed by atoms with Crippen LogP contribution in [0.5, 0.6) is 0 Å². The van der Waals surface area contributed by atoms with Crippen LogP contribution in [0.25, 0.3) is 0 Å². The predicted octanol–water partition coefficient (Wildman–Crippen LogP) is 0.345. The molecule has 2 heterocycles. The highest BCUT2D eigenvalue weighted by Crippen LogP contribution is 2.26. The number of allylic oxidation sites excluding steroid dienone is 4. The van der Waals surface area contributed by atoms with E-state index in [1.807, 2.05) is 0 Å². The minimum atomic E-state index is -1.73. The Labute approximate surface area is 277 Å². The van der Waals surface area contributed by atoms with Crippen LogP contribution in [0.15, 0.2) is 24.3 Å². The van der Waals surface area contributed by atoms with E-state index in [2.05, 4.69) is 31.2 Å². The summed E-state index contributed by atoms with van der Waals surface area (Å²) in [6.45, 7) is 0.250. The summed E-state index contributed by atoms with van der Waals surface area (Å²) in [7, 11) is 0. The Morgan fingerprint density at radius 3 is 1.87 bits per heavy atom. The van der Waals surface area contributed by atoms with E-state index in [1.54, 1.807) is 0 Å². The van der Waals surface area contributed by atoms with Gasteiger partial charge in [-0.25, -0.2) is 0 Å². The van der Waals surface area contributed by atoms with Crippen molar-refractivity contribution in [2.75, 3.05) is 26.4 Å². The fourth-order valence-corrected chi connectivity index (χ4v) is 5.18. The van der Waals surface area contributed by atoms with Crippen LogP contribution < -0.4 is 0 Å². The zero-order valence-electron chi connectivity index (χ0n) is 27.5. The van der Waals surface area contributed by atoms with Crippen LogP contribution in [-0.2, 0) is 28.5 Å². The Morgan fingerprint density at radius 1 is 0.681 bits per heavy atom. The van der Waals surface area contributed by atoms with Crippen molar-refractivity contribution < 1.29 is 69.3 Å². The number of carbonyl (C=O) groups is 1. The van der Waals surface area contributed by atoms with E-state index < -0.39 is 93.3 Å². The molecule has 14 heteroatoms. The molecule has 2 saturated heterocycles. The van der Waals surface area contributed by atoms with Gasteiger partial charge in [0.2, 0.25) is 0 Å². The van der Waals surface area contributed by atoms with Gasteiger partial charge in [0.1, 0.15) is 61.5 Å². The molecule has 274 valence electrons. The SMILES string of the molecule is CCCCC/C=C\C/C=C\CCCCCCCC(=O)OC[C@@H](O)CO[C@@H]1O[C@H](CO[C@@H]2O[C@H](CO)[C@@H](O)[C@H](O)[C@H]2O)[C@H](O)[C@H](O)[C@H]1O. The van der Waals surface area contributed by atoms with Crippen molar-refractivity contribution in [2.45, 2.75) is 151 Å². The van der Waals surface area contributed by atoms with Gasteiger partial charge >= 0.3 is 5.97 Å². The lowest BCUT2D eigenvalue weighted by Gasteiger charge is -2.42. The second kappa shape index (κ2) is 23.8. The van der Waals surface area contributed by atoms with E-state index in [0.29, 0.717) is 6.42 Å². The quantitative estimate of drug-likeness (QED) is 0.0415. The Kier molecular flexibility index (Phi) is 21.1. The lowest BCUT2D eigenvalue weighted by Crippen LogP contribution is -2.61. The first kappa shape index (κ1) is 41.6. The highest BCUT2D eigenvalue weighted by Gasteiger charge is 2.47. The number of carbonyl (C=O) groups excluding carboxylic acids is 1. The molecule has 2 rings (SSSR count). The minimum absolute atomic E-state index is 0.225. The number of hydrogen-bond acceptors (Lipinski definition) is 14. The average Bonchev–Trinajstić information content (AvgIpc) is 3.06. The van der Waals surface area contributed by atoms with Crippen LogP contribution in [0, 0.1) is 0 Å². The van der Waals surface area contributed by atoms with Gasteiger partial charge in [0.05, 0.1) is 19.8 Å². The van der Waals surface area contributed by atoms with Crippen molar-refractivity contribution in [3.8, 4) is 0 Å². The highest BCUT2D eigenvalue weighted by atomic mass is 16.7. The fraction of sp³-hybridized carbons (Fsp3) is 0.848. The third kappa shape index (κ3) is 15.3. The summed E-state index contributed by atoms with van der Waals surface area (Å²) >= 11 is 0. The molecule has 0 aromatic heterocycles. The monoisotopic (exact) mass is 678 g/mol. The van der Waals surface area contributed by atoms with E-state index >= 15 is 0 Å². The van der Waals surface area contributed by atoms with Crippen LogP contribution in [0.1, 0.15) is 84.0 Å². The molecule has 0 saturated carbocycles. The van der Waals surface area contributed by atoms with E-state index in [1.165, 1.54) is 19.3 Å². The maximum absolute atomic E-state index is 12.1. The van der Waals surface area contributed by atoms with Gasteiger partial charge in [0.25, 0.3) is 0 Å². The molecule has 0 aromatic rings. The highest BCUT2D eigenvalue weighted by molar-refractivity contribution is 5.69. The van der Waals surface area contributed by atoms with Crippen LogP contribution in [0.2, 0.25) is 0 Å². The summed E-state index contributed by atoms with van der Waals surface area (Å²) < 4.78 is 26.6. The molecule has 2 aliphatic rings. The Bertz CT molecular complexity index is 885. The van der Waals surface area contributed by atoms with Gasteiger partial charge in [0.15, 0.2) is 12.6 Å². The summed E-state index contributed by atoms with van der Waals surface area (Å²) in [5.41, 5.74) is 0. The first-order valence-electron chi connectivity index (χ1n) is 17.0. The molecule has 8 N–H and O–H groups in total. The molecule has 0 aromatic carbocycles. The van der Waals surface area contributed by atoms with Crippen LogP contribution in [0.4, 0.5) is 0 Å². The topological polar surface area (TPSA) is 225 Å². The van der Waals surface area contributed by atoms with Gasteiger partial charge < -0.3 is 64.5 Å². The summed E-state index contributed by atoms with van der Waals surface area (Å²) in [6, 6.07) is 0. The number of aliphatic hydroxyl groups excluding tert-OH is 8. The van der Waals surface area contributed by atoms with Crippen molar-refractivity contribution >= 4 is 5.97 Å². The van der Waals surface area contributed by atoms with E-state index in [9.17, 15) is 45.6 Å². The maximum Gasteiger partial charge on any atom is 0.305 e. The Hall–Kier alpha value is -1.53. The van der Waals surface area contributed by atoms with Gasteiger partial charge in [-0.05, 0) is 38.5 Å². The zero-order valence-corrected chi connectivity index (χ0v) is 27.5. The summed E-state index contributed by atoms with van der Waals surface area (Å²) in [5.74, 6) is -0.451. The standard InChI is InChI=1S/C33H58O14/c1-2-3-4-5-6-7-8-9-10-11-12-13-14-15-16-17-25(36)43-19-22(35)20-44-32-31(42)29(40)27(38)24(47-32)21-45-33-30(41)28(39)26(37)23(18-34)46-33/h6-7,9-10,22-24,26-35,37-42H,2-5,8,11-21H2,1H3/b7-6-,10-9-/t22-,23-,24-,26-,27+,28+,29+,30-,31-,32-,33-/m1/s1. The lowest BCUT2D eigenvalue weighted by atomic mass is 9.98. The minimum Gasteiger partial charge on any atom is -0.463 e. The van der Waals surface area contributed by atoms with E-state index in [4.69, 9.17) is 23.7 Å². The maximum atomic E-state index is 12.1. The summed E-state index contributed by atoms with van der Waals surface area (Å²) in [5, 5.41) is 80.3. The lowest BCUT2D eigenvalue weighted by molar-refractivity contribution is -0.332. The first-order valence-corrected chi connectivity index (χ1v) is 17.0. The smallest absolute Gasteiger partial charge is 0.305 e. The molecule has 2 aliphatic heterocycles. The van der Waals surface area contributed by atoms with E-state index in [-0.39, 0.29) is 13.0 Å². The third-order valence-corrected chi connectivity index (χ3v) is 8.16.